The summed E-state index contributed by atoms with van der Waals surface area (Å²) in [5.41, 5.74) is 5.07. The highest BCUT2D eigenvalue weighted by Gasteiger charge is 2.33. The summed E-state index contributed by atoms with van der Waals surface area (Å²) in [7, 11) is 0. The van der Waals surface area contributed by atoms with Crippen LogP contribution in [0.25, 0.3) is 0 Å². The molecule has 0 aromatic rings. The predicted molar refractivity (Wildman–Crippen MR) is 35.0 cm³/mol. The van der Waals surface area contributed by atoms with Crippen LogP contribution in [-0.4, -0.2) is 23.0 Å². The molecule has 0 aromatic carbocycles. The molecule has 0 bridgehead atoms. The fourth-order valence-electron chi connectivity index (χ4n) is 1.45. The zero-order valence-corrected chi connectivity index (χ0v) is 5.79. The minimum absolute atomic E-state index is 0.291. The normalized spacial score (nSPS) is 33.8. The van der Waals surface area contributed by atoms with Crippen LogP contribution in [0.3, 0.4) is 0 Å². The molecule has 2 N–H and O–H groups in total. The van der Waals surface area contributed by atoms with Gasteiger partial charge >= 0.3 is 6.03 Å². The predicted octanol–water partition coefficient (Wildman–Crippen LogP) is 0.548. The first kappa shape index (κ1) is 6.39. The molecular formula is C6H12N2O. The Morgan fingerprint density at radius 2 is 2.00 bits per heavy atom. The number of hydrogen-bond donors (Lipinski definition) is 1. The molecule has 1 aliphatic heterocycles. The highest BCUT2D eigenvalue weighted by atomic mass is 16.2. The Labute approximate surface area is 54.8 Å². The Hall–Kier alpha value is -0.730. The maximum absolute atomic E-state index is 10.6. The molecule has 1 heterocycles. The molecule has 2 unspecified atom stereocenters. The lowest BCUT2D eigenvalue weighted by Crippen LogP contribution is -2.57. The van der Waals surface area contributed by atoms with Crippen LogP contribution in [0.4, 0.5) is 4.79 Å². The molecule has 1 aliphatic rings. The average molecular weight is 128 g/mol. The number of carbonyl (C=O) groups is 1. The van der Waals surface area contributed by atoms with Crippen molar-refractivity contribution in [3.05, 3.63) is 0 Å². The van der Waals surface area contributed by atoms with E-state index in [0.717, 1.165) is 6.42 Å². The monoisotopic (exact) mass is 128 g/mol. The van der Waals surface area contributed by atoms with Crippen molar-refractivity contribution in [3.63, 3.8) is 0 Å². The van der Waals surface area contributed by atoms with E-state index in [2.05, 4.69) is 0 Å². The molecule has 1 fully saturated rings. The summed E-state index contributed by atoms with van der Waals surface area (Å²) in [6, 6.07) is 0.427. The van der Waals surface area contributed by atoms with Crippen molar-refractivity contribution in [2.24, 2.45) is 5.73 Å². The Morgan fingerprint density at radius 1 is 1.56 bits per heavy atom. The summed E-state index contributed by atoms with van der Waals surface area (Å²) in [5.74, 6) is 0. The van der Waals surface area contributed by atoms with Gasteiger partial charge in [0.15, 0.2) is 0 Å². The first-order valence-corrected chi connectivity index (χ1v) is 3.20. The second kappa shape index (κ2) is 1.90. The van der Waals surface area contributed by atoms with Gasteiger partial charge in [0.2, 0.25) is 0 Å². The molecule has 0 saturated carbocycles. The zero-order chi connectivity index (χ0) is 7.02. The van der Waals surface area contributed by atoms with Crippen LogP contribution in [0.5, 0.6) is 0 Å². The summed E-state index contributed by atoms with van der Waals surface area (Å²) in [6.45, 7) is 4.01. The molecule has 2 amide bonds. The van der Waals surface area contributed by atoms with Crippen molar-refractivity contribution < 1.29 is 4.79 Å². The summed E-state index contributed by atoms with van der Waals surface area (Å²) >= 11 is 0. The van der Waals surface area contributed by atoms with Crippen LogP contribution in [0, 0.1) is 0 Å². The minimum Gasteiger partial charge on any atom is -0.351 e. The van der Waals surface area contributed by atoms with Gasteiger partial charge in [0.1, 0.15) is 0 Å². The van der Waals surface area contributed by atoms with E-state index in [-0.39, 0.29) is 6.03 Å². The number of carbonyl (C=O) groups excluding carboxylic acids is 1. The number of amides is 2. The third kappa shape index (κ3) is 0.866. The van der Waals surface area contributed by atoms with Gasteiger partial charge in [0.05, 0.1) is 0 Å². The smallest absolute Gasteiger partial charge is 0.315 e. The van der Waals surface area contributed by atoms with Crippen LogP contribution in [-0.2, 0) is 0 Å². The Balaban J connectivity index is 2.49. The number of nitrogens with zero attached hydrogens (tertiary/aromatic N) is 1. The van der Waals surface area contributed by atoms with Crippen molar-refractivity contribution in [1.29, 1.82) is 0 Å². The highest BCUT2D eigenvalue weighted by molar-refractivity contribution is 5.73. The van der Waals surface area contributed by atoms with Crippen molar-refractivity contribution in [2.45, 2.75) is 32.4 Å². The van der Waals surface area contributed by atoms with Gasteiger partial charge in [-0.2, -0.15) is 0 Å². The van der Waals surface area contributed by atoms with E-state index in [0.29, 0.717) is 12.1 Å². The van der Waals surface area contributed by atoms with E-state index >= 15 is 0 Å². The van der Waals surface area contributed by atoms with Crippen LogP contribution >= 0.6 is 0 Å². The molecule has 3 heteroatoms. The van der Waals surface area contributed by atoms with E-state index in [1.165, 1.54) is 0 Å². The summed E-state index contributed by atoms with van der Waals surface area (Å²) in [4.78, 5) is 12.2. The molecule has 9 heavy (non-hydrogen) atoms. The van der Waals surface area contributed by atoms with E-state index < -0.39 is 0 Å². The number of primary amides is 1. The average Bonchev–Trinajstić information content (AvgIpc) is 1.62. The van der Waals surface area contributed by atoms with Crippen molar-refractivity contribution in [1.82, 2.24) is 4.90 Å². The molecule has 3 nitrogen and oxygen atoms in total. The molecule has 2 atom stereocenters. The van der Waals surface area contributed by atoms with E-state index in [9.17, 15) is 4.79 Å². The van der Waals surface area contributed by atoms with Crippen molar-refractivity contribution >= 4 is 6.03 Å². The topological polar surface area (TPSA) is 46.3 Å². The second-order valence-corrected chi connectivity index (χ2v) is 2.68. The molecular weight excluding hydrogens is 116 g/mol. The van der Waals surface area contributed by atoms with Crippen LogP contribution in [0.15, 0.2) is 0 Å². The van der Waals surface area contributed by atoms with Gasteiger partial charge in [0, 0.05) is 12.1 Å². The van der Waals surface area contributed by atoms with E-state index in [1.54, 1.807) is 4.90 Å². The highest BCUT2D eigenvalue weighted by Crippen LogP contribution is 2.23. The maximum Gasteiger partial charge on any atom is 0.315 e. The third-order valence-corrected chi connectivity index (χ3v) is 1.89. The lowest BCUT2D eigenvalue weighted by atomic mass is 9.97. The molecule has 52 valence electrons. The number of nitrogens with two attached hydrogens (primary N) is 1. The summed E-state index contributed by atoms with van der Waals surface area (Å²) in [6.07, 6.45) is 1.09. The van der Waals surface area contributed by atoms with E-state index in [4.69, 9.17) is 5.73 Å². The lowest BCUT2D eigenvalue weighted by molar-refractivity contribution is 0.0794. The van der Waals surface area contributed by atoms with Crippen LogP contribution in [0.1, 0.15) is 20.3 Å². The molecule has 0 aliphatic carbocycles. The Bertz CT molecular complexity index is 127. The van der Waals surface area contributed by atoms with Crippen LogP contribution in [0.2, 0.25) is 0 Å². The van der Waals surface area contributed by atoms with Gasteiger partial charge in [-0.1, -0.05) is 0 Å². The fraction of sp³-hybridized carbons (Fsp3) is 0.833. The number of rotatable bonds is 0. The molecule has 0 spiro atoms. The quantitative estimate of drug-likeness (QED) is 0.508. The summed E-state index contributed by atoms with van der Waals surface area (Å²) < 4.78 is 0. The Kier molecular flexibility index (Phi) is 1.35. The van der Waals surface area contributed by atoms with Crippen LogP contribution < -0.4 is 5.73 Å². The lowest BCUT2D eigenvalue weighted by Gasteiger charge is -2.44. The number of urea groups is 1. The van der Waals surface area contributed by atoms with Gasteiger partial charge in [-0.15, -0.1) is 0 Å². The van der Waals surface area contributed by atoms with Gasteiger partial charge in [-0.3, -0.25) is 0 Å². The first-order valence-electron chi connectivity index (χ1n) is 3.20. The minimum atomic E-state index is -0.291. The van der Waals surface area contributed by atoms with Gasteiger partial charge in [-0.05, 0) is 20.3 Å². The number of likely N-dealkylation sites (tertiary alicyclic amines) is 1. The van der Waals surface area contributed by atoms with Gasteiger partial charge < -0.3 is 10.6 Å². The van der Waals surface area contributed by atoms with E-state index in [1.807, 2.05) is 13.8 Å². The summed E-state index contributed by atoms with van der Waals surface area (Å²) in [5, 5.41) is 0. The largest absolute Gasteiger partial charge is 0.351 e. The zero-order valence-electron chi connectivity index (χ0n) is 5.79. The molecule has 1 rings (SSSR count). The SMILES string of the molecule is CC1CC(C)N1C(N)=O. The van der Waals surface area contributed by atoms with Gasteiger partial charge in [-0.25, -0.2) is 4.79 Å². The molecule has 1 saturated heterocycles. The fourth-order valence-corrected chi connectivity index (χ4v) is 1.45. The number of hydrogen-bond acceptors (Lipinski definition) is 1. The standard InChI is InChI=1S/C6H12N2O/c1-4-3-5(2)8(4)6(7)9/h4-5H,3H2,1-2H3,(H2,7,9). The maximum atomic E-state index is 10.6. The van der Waals surface area contributed by atoms with Crippen molar-refractivity contribution in [2.75, 3.05) is 0 Å². The molecule has 0 aromatic heterocycles. The Morgan fingerprint density at radius 3 is 2.11 bits per heavy atom. The first-order chi connectivity index (χ1) is 4.13. The molecule has 0 radical (unpaired) electrons. The van der Waals surface area contributed by atoms with Crippen molar-refractivity contribution in [3.8, 4) is 0 Å². The second-order valence-electron chi connectivity index (χ2n) is 2.68. The third-order valence-electron chi connectivity index (χ3n) is 1.89. The van der Waals surface area contributed by atoms with Gasteiger partial charge in [0.25, 0.3) is 0 Å².